The van der Waals surface area contributed by atoms with E-state index in [1.165, 1.54) is 334 Å². The number of unbranched alkanes of at least 4 members (excludes halogenated alkanes) is 57. The Labute approximate surface area is 569 Å². The standard InChI is InChI=1S/C81H155NO10/c1-3-5-7-9-11-13-15-44-49-53-57-61-65-69-77(86)90-70-66-62-58-54-50-46-43-41-39-37-35-33-31-29-27-25-23-21-19-17-18-20-22-24-26-28-30-32-34-36-38-40-42-45-48-52-56-60-64-68-76(85)82-73(72-91-81-80(89)79(88)78(87)75(71-83)92-81)74(84)67-63-59-55-51-47-16-14-12-10-8-6-4-2/h13,15,63,67,73-75,78-81,83-84,87-89H,3-12,14,16-62,64-66,68-72H2,1-2H3,(H,82,85)/b15-13-,67-63+. The second-order valence-electron chi connectivity index (χ2n) is 28.5. The fraction of sp³-hybridized carbons (Fsp3) is 0.926. The van der Waals surface area contributed by atoms with Gasteiger partial charge in [-0.2, -0.15) is 0 Å². The fourth-order valence-electron chi connectivity index (χ4n) is 13.2. The van der Waals surface area contributed by atoms with Crippen LogP contribution in [0.3, 0.4) is 0 Å². The number of ether oxygens (including phenoxy) is 3. The van der Waals surface area contributed by atoms with E-state index in [0.29, 0.717) is 19.4 Å². The molecule has 7 unspecified atom stereocenters. The molecule has 0 saturated carbocycles. The van der Waals surface area contributed by atoms with Crippen LogP contribution in [0.4, 0.5) is 0 Å². The van der Waals surface area contributed by atoms with Crippen LogP contribution in [0.25, 0.3) is 0 Å². The van der Waals surface area contributed by atoms with Gasteiger partial charge in [-0.1, -0.05) is 372 Å². The zero-order valence-electron chi connectivity index (χ0n) is 60.8. The van der Waals surface area contributed by atoms with Crippen LogP contribution in [0, 0.1) is 0 Å². The normalized spacial score (nSPS) is 17.6. The number of aliphatic hydroxyl groups excluding tert-OH is 5. The largest absolute Gasteiger partial charge is 0.466 e. The zero-order chi connectivity index (χ0) is 66.5. The summed E-state index contributed by atoms with van der Waals surface area (Å²) in [6.07, 6.45) is 80.8. The predicted octanol–water partition coefficient (Wildman–Crippen LogP) is 21.9. The van der Waals surface area contributed by atoms with Crippen LogP contribution in [0.2, 0.25) is 0 Å². The molecule has 1 amide bonds. The van der Waals surface area contributed by atoms with Gasteiger partial charge in [-0.15, -0.1) is 0 Å². The van der Waals surface area contributed by atoms with Crippen molar-refractivity contribution in [2.24, 2.45) is 0 Å². The number of carbonyl (C=O) groups is 2. The van der Waals surface area contributed by atoms with Crippen molar-refractivity contribution in [1.82, 2.24) is 5.32 Å². The van der Waals surface area contributed by atoms with E-state index in [9.17, 15) is 35.1 Å². The summed E-state index contributed by atoms with van der Waals surface area (Å²) in [6, 6.07) is -0.804. The highest BCUT2D eigenvalue weighted by atomic mass is 16.7. The van der Waals surface area contributed by atoms with Crippen LogP contribution in [0.15, 0.2) is 24.3 Å². The van der Waals surface area contributed by atoms with Gasteiger partial charge in [0.2, 0.25) is 5.91 Å². The summed E-state index contributed by atoms with van der Waals surface area (Å²) in [5.74, 6) is -0.163. The number of carbonyl (C=O) groups excluding carboxylic acids is 2. The van der Waals surface area contributed by atoms with E-state index < -0.39 is 49.5 Å². The lowest BCUT2D eigenvalue weighted by Crippen LogP contribution is -2.60. The van der Waals surface area contributed by atoms with Crippen molar-refractivity contribution in [2.75, 3.05) is 19.8 Å². The molecule has 11 nitrogen and oxygen atoms in total. The third-order valence-corrected chi connectivity index (χ3v) is 19.6. The molecule has 0 aromatic heterocycles. The molecule has 1 saturated heterocycles. The summed E-state index contributed by atoms with van der Waals surface area (Å²) in [7, 11) is 0. The SMILES string of the molecule is CCCCCC/C=C\CCCCCCCC(=O)OCCCCCCCCCCCCCCCCCCCCCCCCCCCCCCCCCCCCCCCCCC(=O)NC(COC1OC(CO)C(O)C(O)C1O)C(O)/C=C/CCCCCCCCCCCC. The van der Waals surface area contributed by atoms with Crippen LogP contribution in [0.1, 0.15) is 418 Å². The third-order valence-electron chi connectivity index (χ3n) is 19.6. The number of allylic oxidation sites excluding steroid dienone is 3. The first-order valence-electron chi connectivity index (χ1n) is 40.6. The van der Waals surface area contributed by atoms with Crippen LogP contribution in [-0.4, -0.2) is 100 Å². The number of hydrogen-bond acceptors (Lipinski definition) is 10. The average Bonchev–Trinajstić information content (AvgIpc) is 0.973. The van der Waals surface area contributed by atoms with Gasteiger partial charge in [0, 0.05) is 12.8 Å². The van der Waals surface area contributed by atoms with E-state index in [-0.39, 0.29) is 18.5 Å². The monoisotopic (exact) mass is 1300 g/mol. The smallest absolute Gasteiger partial charge is 0.305 e. The molecule has 544 valence electrons. The van der Waals surface area contributed by atoms with Gasteiger partial charge in [-0.25, -0.2) is 0 Å². The Morgan fingerprint density at radius 1 is 0.391 bits per heavy atom. The van der Waals surface area contributed by atoms with Gasteiger partial charge in [0.05, 0.1) is 32.0 Å². The fourth-order valence-corrected chi connectivity index (χ4v) is 13.2. The minimum atomic E-state index is -1.57. The molecule has 0 spiro atoms. The Morgan fingerprint density at radius 3 is 1.05 bits per heavy atom. The summed E-state index contributed by atoms with van der Waals surface area (Å²) in [4.78, 5) is 25.1. The molecule has 0 aromatic rings. The second-order valence-corrected chi connectivity index (χ2v) is 28.5. The van der Waals surface area contributed by atoms with Gasteiger partial charge in [0.25, 0.3) is 0 Å². The molecule has 6 N–H and O–H groups in total. The summed E-state index contributed by atoms with van der Waals surface area (Å²) in [6.45, 7) is 4.38. The Bertz CT molecular complexity index is 1580. The molecule has 7 atom stereocenters. The summed E-state index contributed by atoms with van der Waals surface area (Å²) in [5.41, 5.74) is 0. The molecule has 11 heteroatoms. The first-order valence-corrected chi connectivity index (χ1v) is 40.6. The second kappa shape index (κ2) is 70.5. The van der Waals surface area contributed by atoms with Crippen molar-refractivity contribution in [3.05, 3.63) is 24.3 Å². The lowest BCUT2D eigenvalue weighted by atomic mass is 9.99. The summed E-state index contributed by atoms with van der Waals surface area (Å²) >= 11 is 0. The average molecular weight is 1300 g/mol. The van der Waals surface area contributed by atoms with Crippen LogP contribution < -0.4 is 5.32 Å². The Hall–Kier alpha value is -1.86. The van der Waals surface area contributed by atoms with Crippen LogP contribution >= 0.6 is 0 Å². The van der Waals surface area contributed by atoms with Crippen LogP contribution in [0.5, 0.6) is 0 Å². The maximum absolute atomic E-state index is 13.1. The third kappa shape index (κ3) is 58.3. The first kappa shape index (κ1) is 88.2. The number of nitrogens with one attached hydrogen (secondary N) is 1. The van der Waals surface area contributed by atoms with Gasteiger partial charge in [-0.05, 0) is 57.8 Å². The minimum absolute atomic E-state index is 0.00978. The predicted molar refractivity (Wildman–Crippen MR) is 389 cm³/mol. The number of amides is 1. The molecule has 1 aliphatic rings. The summed E-state index contributed by atoms with van der Waals surface area (Å²) in [5, 5.41) is 54.5. The number of hydrogen-bond donors (Lipinski definition) is 6. The minimum Gasteiger partial charge on any atom is -0.466 e. The highest BCUT2D eigenvalue weighted by molar-refractivity contribution is 5.76. The van der Waals surface area contributed by atoms with E-state index >= 15 is 0 Å². The molecule has 1 heterocycles. The molecule has 0 bridgehead atoms. The van der Waals surface area contributed by atoms with E-state index in [2.05, 4.69) is 31.3 Å². The maximum atomic E-state index is 13.1. The van der Waals surface area contributed by atoms with Crippen molar-refractivity contribution in [3.63, 3.8) is 0 Å². The van der Waals surface area contributed by atoms with E-state index in [0.717, 1.165) is 57.8 Å². The molecule has 0 aromatic carbocycles. The number of esters is 1. The van der Waals surface area contributed by atoms with Crippen molar-refractivity contribution >= 4 is 11.9 Å². The Kier molecular flexibility index (Phi) is 67.5. The number of aliphatic hydroxyl groups is 5. The lowest BCUT2D eigenvalue weighted by Gasteiger charge is -2.40. The molecule has 92 heavy (non-hydrogen) atoms. The molecule has 0 aliphatic carbocycles. The topological polar surface area (TPSA) is 175 Å². The van der Waals surface area contributed by atoms with Crippen molar-refractivity contribution < 1.29 is 49.3 Å². The van der Waals surface area contributed by atoms with Crippen molar-refractivity contribution in [3.8, 4) is 0 Å². The molecule has 1 fully saturated rings. The van der Waals surface area contributed by atoms with Gasteiger partial charge >= 0.3 is 5.97 Å². The van der Waals surface area contributed by atoms with Crippen molar-refractivity contribution in [2.45, 2.75) is 461 Å². The molecular weight excluding hydrogens is 1150 g/mol. The van der Waals surface area contributed by atoms with Gasteiger partial charge < -0.3 is 45.1 Å². The Balaban J connectivity index is 1.86. The molecule has 1 aliphatic heterocycles. The molecule has 1 rings (SSSR count). The maximum Gasteiger partial charge on any atom is 0.305 e. The van der Waals surface area contributed by atoms with Gasteiger partial charge in [-0.3, -0.25) is 9.59 Å². The lowest BCUT2D eigenvalue weighted by molar-refractivity contribution is -0.302. The van der Waals surface area contributed by atoms with Crippen molar-refractivity contribution in [1.29, 1.82) is 0 Å². The summed E-state index contributed by atoms with van der Waals surface area (Å²) < 4.78 is 16.8. The molecule has 0 radical (unpaired) electrons. The highest BCUT2D eigenvalue weighted by Gasteiger charge is 2.44. The Morgan fingerprint density at radius 2 is 0.696 bits per heavy atom. The van der Waals surface area contributed by atoms with E-state index in [1.807, 2.05) is 6.08 Å². The van der Waals surface area contributed by atoms with E-state index in [1.54, 1.807) is 6.08 Å². The van der Waals surface area contributed by atoms with E-state index in [4.69, 9.17) is 14.2 Å². The van der Waals surface area contributed by atoms with Gasteiger partial charge in [0.1, 0.15) is 24.4 Å². The first-order chi connectivity index (χ1) is 45.2. The van der Waals surface area contributed by atoms with Gasteiger partial charge in [0.15, 0.2) is 6.29 Å². The zero-order valence-corrected chi connectivity index (χ0v) is 60.8. The quantitative estimate of drug-likeness (QED) is 0.0195. The highest BCUT2D eigenvalue weighted by Crippen LogP contribution is 2.24. The number of rotatable bonds is 73. The van der Waals surface area contributed by atoms with Crippen LogP contribution in [-0.2, 0) is 23.8 Å². The molecular formula is C81H155NO10.